The van der Waals surface area contributed by atoms with Gasteiger partial charge in [0.15, 0.2) is 0 Å². The topological polar surface area (TPSA) is 69.6 Å². The highest BCUT2D eigenvalue weighted by Crippen LogP contribution is 2.23. The van der Waals surface area contributed by atoms with E-state index in [0.717, 1.165) is 17.5 Å². The molecule has 0 saturated heterocycles. The molecule has 0 fully saturated rings. The summed E-state index contributed by atoms with van der Waals surface area (Å²) in [6.07, 6.45) is 0.850. The molecular weight excluding hydrogens is 244 g/mol. The number of nitrogens with one attached hydrogen (secondary N) is 1. The van der Waals surface area contributed by atoms with Gasteiger partial charge in [0.2, 0.25) is 0 Å². The van der Waals surface area contributed by atoms with Crippen molar-refractivity contribution < 1.29 is 14.7 Å². The second-order valence-corrected chi connectivity index (χ2v) is 4.66. The Hall–Kier alpha value is -2.04. The average molecular weight is 264 g/mol. The third-order valence-corrected chi connectivity index (χ3v) is 2.85. The Kier molecular flexibility index (Phi) is 4.92. The normalized spacial score (nSPS) is 10.1. The van der Waals surface area contributed by atoms with Crippen LogP contribution in [0.5, 0.6) is 0 Å². The summed E-state index contributed by atoms with van der Waals surface area (Å²) in [4.78, 5) is 24.7. The third-order valence-electron chi connectivity index (χ3n) is 2.85. The van der Waals surface area contributed by atoms with Crippen molar-refractivity contribution >= 4 is 17.7 Å². The van der Waals surface area contributed by atoms with Gasteiger partial charge in [0.25, 0.3) is 0 Å². The van der Waals surface area contributed by atoms with E-state index in [2.05, 4.69) is 5.32 Å². The van der Waals surface area contributed by atoms with Gasteiger partial charge in [0.05, 0.1) is 11.3 Å². The van der Waals surface area contributed by atoms with Crippen LogP contribution in [-0.4, -0.2) is 35.6 Å². The molecule has 0 spiro atoms. The van der Waals surface area contributed by atoms with Gasteiger partial charge in [-0.15, -0.1) is 0 Å². The van der Waals surface area contributed by atoms with E-state index in [4.69, 9.17) is 0 Å². The van der Waals surface area contributed by atoms with Gasteiger partial charge >= 0.3 is 12.0 Å². The van der Waals surface area contributed by atoms with E-state index in [9.17, 15) is 14.7 Å². The fourth-order valence-electron chi connectivity index (χ4n) is 1.94. The van der Waals surface area contributed by atoms with Crippen LogP contribution in [0.3, 0.4) is 0 Å². The fourth-order valence-corrected chi connectivity index (χ4v) is 1.94. The van der Waals surface area contributed by atoms with Gasteiger partial charge in [0.1, 0.15) is 0 Å². The number of urea groups is 1. The molecule has 104 valence electrons. The van der Waals surface area contributed by atoms with Gasteiger partial charge in [0, 0.05) is 13.6 Å². The summed E-state index contributed by atoms with van der Waals surface area (Å²) >= 11 is 0. The first kappa shape index (κ1) is 15.0. The number of aromatic carboxylic acids is 1. The smallest absolute Gasteiger partial charge is 0.337 e. The number of carboxylic acid groups (broad SMARTS) is 1. The van der Waals surface area contributed by atoms with Crippen molar-refractivity contribution in [2.75, 3.05) is 18.9 Å². The van der Waals surface area contributed by atoms with Crippen LogP contribution in [0, 0.1) is 13.8 Å². The highest BCUT2D eigenvalue weighted by molar-refractivity contribution is 6.01. The number of carbonyl (C=O) groups is 2. The van der Waals surface area contributed by atoms with Crippen LogP contribution in [-0.2, 0) is 0 Å². The van der Waals surface area contributed by atoms with Crippen molar-refractivity contribution in [3.05, 3.63) is 28.8 Å². The zero-order valence-electron chi connectivity index (χ0n) is 11.8. The van der Waals surface area contributed by atoms with Crippen LogP contribution >= 0.6 is 0 Å². The van der Waals surface area contributed by atoms with Crippen LogP contribution < -0.4 is 5.32 Å². The summed E-state index contributed by atoms with van der Waals surface area (Å²) in [5, 5.41) is 11.9. The monoisotopic (exact) mass is 264 g/mol. The van der Waals surface area contributed by atoms with Crippen LogP contribution in [0.2, 0.25) is 0 Å². The summed E-state index contributed by atoms with van der Waals surface area (Å²) in [6.45, 7) is 6.21. The quantitative estimate of drug-likeness (QED) is 0.878. The fraction of sp³-hybridized carbons (Fsp3) is 0.429. The van der Waals surface area contributed by atoms with Gasteiger partial charge in [-0.1, -0.05) is 13.0 Å². The summed E-state index contributed by atoms with van der Waals surface area (Å²) in [6, 6.07) is 3.11. The molecule has 5 heteroatoms. The molecule has 5 nitrogen and oxygen atoms in total. The number of rotatable bonds is 4. The molecule has 0 aliphatic rings. The number of amides is 2. The van der Waals surface area contributed by atoms with Gasteiger partial charge in [-0.2, -0.15) is 0 Å². The lowest BCUT2D eigenvalue weighted by Gasteiger charge is -2.19. The molecule has 0 unspecified atom stereocenters. The Bertz CT molecular complexity index is 498. The first-order valence-electron chi connectivity index (χ1n) is 6.23. The Morgan fingerprint density at radius 2 is 1.95 bits per heavy atom. The highest BCUT2D eigenvalue weighted by Gasteiger charge is 2.17. The van der Waals surface area contributed by atoms with E-state index < -0.39 is 5.97 Å². The minimum Gasteiger partial charge on any atom is -0.478 e. The molecule has 1 aromatic rings. The molecule has 0 bridgehead atoms. The summed E-state index contributed by atoms with van der Waals surface area (Å²) in [5.74, 6) is -1.04. The van der Waals surface area contributed by atoms with Crippen molar-refractivity contribution in [2.45, 2.75) is 27.2 Å². The predicted molar refractivity (Wildman–Crippen MR) is 74.8 cm³/mol. The lowest BCUT2D eigenvalue weighted by Crippen LogP contribution is -2.32. The Morgan fingerprint density at radius 3 is 2.47 bits per heavy atom. The van der Waals surface area contributed by atoms with E-state index in [0.29, 0.717) is 12.2 Å². The molecule has 2 N–H and O–H groups in total. The average Bonchev–Trinajstić information content (AvgIpc) is 2.32. The number of aryl methyl sites for hydroxylation is 2. The minimum absolute atomic E-state index is 0.121. The lowest BCUT2D eigenvalue weighted by atomic mass is 10.0. The molecule has 2 amide bonds. The largest absolute Gasteiger partial charge is 0.478 e. The molecule has 0 aromatic heterocycles. The lowest BCUT2D eigenvalue weighted by molar-refractivity contribution is 0.0698. The number of nitrogens with zero attached hydrogens (tertiary/aromatic N) is 1. The van der Waals surface area contributed by atoms with Crippen molar-refractivity contribution in [3.8, 4) is 0 Å². The second-order valence-electron chi connectivity index (χ2n) is 4.66. The summed E-state index contributed by atoms with van der Waals surface area (Å²) < 4.78 is 0. The standard InChI is InChI=1S/C14H20N2O3/c1-5-6-16(4)14(19)15-12-10(3)7-9(2)8-11(12)13(17)18/h7-8H,5-6H2,1-4H3,(H,15,19)(H,17,18). The van der Waals surface area contributed by atoms with E-state index >= 15 is 0 Å². The Balaban J connectivity index is 3.06. The van der Waals surface area contributed by atoms with Crippen LogP contribution in [0.25, 0.3) is 0 Å². The van der Waals surface area contributed by atoms with Crippen LogP contribution in [0.15, 0.2) is 12.1 Å². The summed E-state index contributed by atoms with van der Waals surface area (Å²) in [5.41, 5.74) is 2.09. The number of hydrogen-bond acceptors (Lipinski definition) is 2. The molecule has 0 radical (unpaired) electrons. The van der Waals surface area contributed by atoms with Crippen molar-refractivity contribution in [1.29, 1.82) is 0 Å². The number of hydrogen-bond donors (Lipinski definition) is 2. The first-order valence-corrected chi connectivity index (χ1v) is 6.23. The number of carbonyl (C=O) groups excluding carboxylic acids is 1. The molecule has 0 heterocycles. The van der Waals surface area contributed by atoms with E-state index in [1.54, 1.807) is 20.0 Å². The maximum Gasteiger partial charge on any atom is 0.337 e. The van der Waals surface area contributed by atoms with Crippen molar-refractivity contribution in [3.63, 3.8) is 0 Å². The van der Waals surface area contributed by atoms with Crippen molar-refractivity contribution in [1.82, 2.24) is 4.90 Å². The zero-order chi connectivity index (χ0) is 14.6. The predicted octanol–water partition coefficient (Wildman–Crippen LogP) is 2.88. The maximum absolute atomic E-state index is 11.9. The SMILES string of the molecule is CCCN(C)C(=O)Nc1c(C)cc(C)cc1C(=O)O. The summed E-state index contributed by atoms with van der Waals surface area (Å²) in [7, 11) is 1.68. The van der Waals surface area contributed by atoms with Gasteiger partial charge < -0.3 is 15.3 Å². The van der Waals surface area contributed by atoms with Crippen LogP contribution in [0.1, 0.15) is 34.8 Å². The highest BCUT2D eigenvalue weighted by atomic mass is 16.4. The van der Waals surface area contributed by atoms with Crippen LogP contribution in [0.4, 0.5) is 10.5 Å². The Labute approximate surface area is 113 Å². The van der Waals surface area contributed by atoms with Gasteiger partial charge in [-0.3, -0.25) is 0 Å². The number of carboxylic acids is 1. The van der Waals surface area contributed by atoms with Gasteiger partial charge in [-0.05, 0) is 37.5 Å². The molecule has 0 atom stereocenters. The van der Waals surface area contributed by atoms with E-state index in [-0.39, 0.29) is 11.6 Å². The first-order chi connectivity index (χ1) is 8.86. The molecule has 0 saturated carbocycles. The maximum atomic E-state index is 11.9. The van der Waals surface area contributed by atoms with Gasteiger partial charge in [-0.25, -0.2) is 9.59 Å². The molecule has 19 heavy (non-hydrogen) atoms. The van der Waals surface area contributed by atoms with E-state index in [1.807, 2.05) is 19.9 Å². The minimum atomic E-state index is -1.04. The molecule has 1 rings (SSSR count). The molecular formula is C14H20N2O3. The molecule has 0 aliphatic heterocycles. The zero-order valence-corrected chi connectivity index (χ0v) is 11.8. The Morgan fingerprint density at radius 1 is 1.32 bits per heavy atom. The molecule has 0 aliphatic carbocycles. The number of anilines is 1. The van der Waals surface area contributed by atoms with E-state index in [1.165, 1.54) is 4.90 Å². The second kappa shape index (κ2) is 6.22. The number of benzene rings is 1. The van der Waals surface area contributed by atoms with Crippen molar-refractivity contribution in [2.24, 2.45) is 0 Å². The molecule has 1 aromatic carbocycles. The third kappa shape index (κ3) is 3.71.